The Morgan fingerprint density at radius 1 is 1.29 bits per heavy atom. The monoisotopic (exact) mass is 181 g/mol. The summed E-state index contributed by atoms with van der Waals surface area (Å²) in [7, 11) is 5.92. The summed E-state index contributed by atoms with van der Waals surface area (Å²) in [5, 5.41) is 0. The molecule has 0 bridgehead atoms. The summed E-state index contributed by atoms with van der Waals surface area (Å²) in [6, 6.07) is 0. The second-order valence-corrected chi connectivity index (χ2v) is 11.1. The molecule has 0 aromatic carbocycles. The van der Waals surface area contributed by atoms with Crippen molar-refractivity contribution in [1.82, 2.24) is 0 Å². The Hall–Kier alpha value is 0.833. The van der Waals surface area contributed by atoms with Gasteiger partial charge in [-0.15, -0.1) is 0 Å². The molecular formula is C5H12ClGe. The Balaban J connectivity index is 3.54. The third kappa shape index (κ3) is 3.42. The molecule has 0 aromatic heterocycles. The van der Waals surface area contributed by atoms with Gasteiger partial charge in [0.25, 0.3) is 0 Å². The molecule has 1 radical (unpaired) electrons. The van der Waals surface area contributed by atoms with Crippen molar-refractivity contribution in [2.75, 3.05) is 0 Å². The van der Waals surface area contributed by atoms with Crippen LogP contribution >= 0.6 is 10.0 Å². The van der Waals surface area contributed by atoms with E-state index < -0.39 is 13.4 Å². The third-order valence-electron chi connectivity index (χ3n) is 1.03. The normalized spacial score (nSPS) is 12.9. The van der Waals surface area contributed by atoms with E-state index in [9.17, 15) is 0 Å². The van der Waals surface area contributed by atoms with Gasteiger partial charge >= 0.3 is 54.2 Å². The van der Waals surface area contributed by atoms with E-state index in [1.54, 1.807) is 0 Å². The van der Waals surface area contributed by atoms with Crippen molar-refractivity contribution in [3.8, 4) is 0 Å². The standard InChI is InChI=1S/C5H12ClGe/c1-5(2,3)7(4)6/h1-4H3. The molecule has 0 spiro atoms. The van der Waals surface area contributed by atoms with Gasteiger partial charge in [-0.1, -0.05) is 0 Å². The van der Waals surface area contributed by atoms with Crippen molar-refractivity contribution in [3.05, 3.63) is 0 Å². The van der Waals surface area contributed by atoms with E-state index in [4.69, 9.17) is 10.0 Å². The van der Waals surface area contributed by atoms with Crippen LogP contribution in [0.25, 0.3) is 0 Å². The first-order valence-corrected chi connectivity index (χ1v) is 8.34. The van der Waals surface area contributed by atoms with Gasteiger partial charge < -0.3 is 0 Å². The third-order valence-corrected chi connectivity index (χ3v) is 8.32. The van der Waals surface area contributed by atoms with Gasteiger partial charge in [-0.25, -0.2) is 0 Å². The summed E-state index contributed by atoms with van der Waals surface area (Å²) in [5.74, 6) is 2.18. The minimum atomic E-state index is -1.12. The molecule has 0 atom stereocenters. The molecule has 7 heavy (non-hydrogen) atoms. The van der Waals surface area contributed by atoms with Crippen LogP contribution < -0.4 is 0 Å². The Kier molecular flexibility index (Phi) is 2.69. The molecule has 0 unspecified atom stereocenters. The van der Waals surface area contributed by atoms with E-state index in [0.29, 0.717) is 4.25 Å². The summed E-state index contributed by atoms with van der Waals surface area (Å²) >= 11 is -1.12. The van der Waals surface area contributed by atoms with Crippen LogP contribution in [-0.2, 0) is 0 Å². The summed E-state index contributed by atoms with van der Waals surface area (Å²) in [4.78, 5) is 0. The Morgan fingerprint density at radius 3 is 1.43 bits per heavy atom. The van der Waals surface area contributed by atoms with Gasteiger partial charge in [-0.2, -0.15) is 0 Å². The van der Waals surface area contributed by atoms with Crippen LogP contribution in [0.15, 0.2) is 0 Å². The van der Waals surface area contributed by atoms with E-state index >= 15 is 0 Å². The molecule has 0 amide bonds. The Morgan fingerprint density at radius 2 is 1.43 bits per heavy atom. The van der Waals surface area contributed by atoms with Crippen molar-refractivity contribution in [2.45, 2.75) is 30.8 Å². The fourth-order valence-electron chi connectivity index (χ4n) is 0. The van der Waals surface area contributed by atoms with E-state index in [1.807, 2.05) is 0 Å². The van der Waals surface area contributed by atoms with Gasteiger partial charge in [-0.05, 0) is 0 Å². The number of hydrogen-bond donors (Lipinski definition) is 0. The van der Waals surface area contributed by atoms with Crippen molar-refractivity contribution in [3.63, 3.8) is 0 Å². The SMILES string of the molecule is [CH3][Ge]([Cl])[C](C)(C)C. The van der Waals surface area contributed by atoms with E-state index in [0.717, 1.165) is 0 Å². The second-order valence-electron chi connectivity index (χ2n) is 2.78. The zero-order valence-corrected chi connectivity index (χ0v) is 8.23. The van der Waals surface area contributed by atoms with Gasteiger partial charge in [0, 0.05) is 0 Å². The summed E-state index contributed by atoms with van der Waals surface area (Å²) in [6.07, 6.45) is 0. The van der Waals surface area contributed by atoms with Crippen LogP contribution in [0, 0.1) is 0 Å². The van der Waals surface area contributed by atoms with Gasteiger partial charge in [0.2, 0.25) is 0 Å². The number of hydrogen-bond acceptors (Lipinski definition) is 0. The van der Waals surface area contributed by atoms with Crippen molar-refractivity contribution in [1.29, 1.82) is 0 Å². The molecule has 0 nitrogen and oxygen atoms in total. The fraction of sp³-hybridized carbons (Fsp3) is 1.00. The van der Waals surface area contributed by atoms with Crippen LogP contribution in [0.5, 0.6) is 0 Å². The van der Waals surface area contributed by atoms with Gasteiger partial charge in [0.1, 0.15) is 0 Å². The number of rotatable bonds is 0. The maximum atomic E-state index is 5.92. The Labute approximate surface area is 54.5 Å². The molecule has 0 aliphatic rings. The minimum absolute atomic E-state index is 0.432. The zero-order valence-electron chi connectivity index (χ0n) is 5.38. The molecule has 0 aliphatic heterocycles. The predicted molar refractivity (Wildman–Crippen MR) is 37.2 cm³/mol. The summed E-state index contributed by atoms with van der Waals surface area (Å²) in [6.45, 7) is 6.61. The van der Waals surface area contributed by atoms with Crippen LogP contribution in [0.3, 0.4) is 0 Å². The summed E-state index contributed by atoms with van der Waals surface area (Å²) < 4.78 is 0.432. The maximum absolute atomic E-state index is 5.92. The second kappa shape index (κ2) is 2.40. The van der Waals surface area contributed by atoms with Crippen molar-refractivity contribution >= 4 is 23.4 Å². The molecule has 0 aliphatic carbocycles. The van der Waals surface area contributed by atoms with Crippen LogP contribution in [0.4, 0.5) is 0 Å². The van der Waals surface area contributed by atoms with E-state index in [2.05, 4.69) is 26.5 Å². The predicted octanol–water partition coefficient (Wildman–Crippen LogP) is 2.65. The first-order chi connectivity index (χ1) is 2.94. The van der Waals surface area contributed by atoms with Gasteiger partial charge in [-0.3, -0.25) is 0 Å². The molecule has 0 fully saturated rings. The molecule has 0 saturated heterocycles. The first-order valence-electron chi connectivity index (χ1n) is 2.44. The molecule has 0 aromatic rings. The zero-order chi connectivity index (χ0) is 6.08. The fourth-order valence-corrected chi connectivity index (χ4v) is 0. The van der Waals surface area contributed by atoms with E-state index in [1.165, 1.54) is 0 Å². The van der Waals surface area contributed by atoms with Crippen LogP contribution in [0.2, 0.25) is 10.0 Å². The first kappa shape index (κ1) is 7.83. The molecule has 0 rings (SSSR count). The van der Waals surface area contributed by atoms with Crippen molar-refractivity contribution < 1.29 is 0 Å². The Bertz CT molecular complexity index is 53.6. The van der Waals surface area contributed by atoms with Crippen molar-refractivity contribution in [2.24, 2.45) is 0 Å². The van der Waals surface area contributed by atoms with Gasteiger partial charge in [0.05, 0.1) is 0 Å². The quantitative estimate of drug-likeness (QED) is 0.503. The number of halogens is 1. The average Bonchev–Trinajstić information content (AvgIpc) is 1.31. The molecular weight excluding hydrogens is 168 g/mol. The molecule has 0 N–H and O–H groups in total. The molecule has 2 heteroatoms. The van der Waals surface area contributed by atoms with Crippen LogP contribution in [0.1, 0.15) is 20.8 Å². The molecule has 43 valence electrons. The van der Waals surface area contributed by atoms with E-state index in [-0.39, 0.29) is 0 Å². The molecule has 0 saturated carbocycles. The average molecular weight is 180 g/mol. The topological polar surface area (TPSA) is 0 Å². The molecule has 0 heterocycles. The van der Waals surface area contributed by atoms with Gasteiger partial charge in [0.15, 0.2) is 0 Å². The summed E-state index contributed by atoms with van der Waals surface area (Å²) in [5.41, 5.74) is 0. The van der Waals surface area contributed by atoms with Crippen LogP contribution in [-0.4, -0.2) is 13.4 Å².